The minimum atomic E-state index is -0.388. The third kappa shape index (κ3) is 4.11. The number of aromatic nitrogens is 5. The van der Waals surface area contributed by atoms with Crippen molar-refractivity contribution in [2.75, 3.05) is 19.8 Å². The summed E-state index contributed by atoms with van der Waals surface area (Å²) >= 11 is 0. The van der Waals surface area contributed by atoms with E-state index in [4.69, 9.17) is 24.4 Å². The first kappa shape index (κ1) is 23.6. The van der Waals surface area contributed by atoms with Crippen molar-refractivity contribution in [1.29, 1.82) is 0 Å². The first-order valence-corrected chi connectivity index (χ1v) is 12.1. The minimum Gasteiger partial charge on any atom is -0.462 e. The number of aryl methyl sites for hydroxylation is 1. The van der Waals surface area contributed by atoms with Crippen LogP contribution in [-0.2, 0) is 16.0 Å². The third-order valence-electron chi connectivity index (χ3n) is 6.06. The smallest absolute Gasteiger partial charge is 0.338 e. The van der Waals surface area contributed by atoms with E-state index in [9.17, 15) is 9.59 Å². The second-order valence-corrected chi connectivity index (χ2v) is 8.35. The first-order chi connectivity index (χ1) is 17.5. The van der Waals surface area contributed by atoms with Crippen molar-refractivity contribution in [1.82, 2.24) is 24.1 Å². The van der Waals surface area contributed by atoms with E-state index in [-0.39, 0.29) is 11.5 Å². The van der Waals surface area contributed by atoms with Crippen LogP contribution in [0.4, 0.5) is 0 Å². The number of hydrogen-bond acceptors (Lipinski definition) is 7. The van der Waals surface area contributed by atoms with Crippen molar-refractivity contribution in [3.05, 3.63) is 70.3 Å². The van der Waals surface area contributed by atoms with Gasteiger partial charge in [-0.05, 0) is 63.6 Å². The summed E-state index contributed by atoms with van der Waals surface area (Å²) in [5, 5.41) is 0.416. The van der Waals surface area contributed by atoms with E-state index in [1.807, 2.05) is 42.7 Å². The Morgan fingerprint density at radius 1 is 0.917 bits per heavy atom. The monoisotopic (exact) mass is 485 g/mol. The van der Waals surface area contributed by atoms with Gasteiger partial charge in [0.2, 0.25) is 0 Å². The van der Waals surface area contributed by atoms with Crippen molar-refractivity contribution in [2.45, 2.75) is 33.7 Å². The summed E-state index contributed by atoms with van der Waals surface area (Å²) in [5.74, 6) is 0.210. The molecule has 0 bridgehead atoms. The molecule has 0 fully saturated rings. The van der Waals surface area contributed by atoms with Gasteiger partial charge in [0, 0.05) is 25.4 Å². The fraction of sp³-hybridized carbons (Fsp3) is 0.296. The molecule has 0 aliphatic carbocycles. The zero-order chi connectivity index (χ0) is 25.2. The predicted molar refractivity (Wildman–Crippen MR) is 138 cm³/mol. The van der Waals surface area contributed by atoms with Crippen LogP contribution < -0.4 is 5.56 Å². The Morgan fingerprint density at radius 3 is 2.33 bits per heavy atom. The molecular weight excluding hydrogens is 458 g/mol. The van der Waals surface area contributed by atoms with Gasteiger partial charge in [0.1, 0.15) is 16.7 Å². The van der Waals surface area contributed by atoms with Crippen molar-refractivity contribution >= 4 is 39.2 Å². The third-order valence-corrected chi connectivity index (χ3v) is 6.06. The number of carbonyl (C=O) groups excluding carboxylic acids is 1. The molecule has 0 atom stereocenters. The van der Waals surface area contributed by atoms with Crippen LogP contribution in [0.1, 0.15) is 36.5 Å². The van der Waals surface area contributed by atoms with E-state index in [0.717, 1.165) is 0 Å². The van der Waals surface area contributed by atoms with Crippen LogP contribution in [0, 0.1) is 6.92 Å². The number of para-hydroxylation sites is 2. The lowest BCUT2D eigenvalue weighted by Crippen LogP contribution is -2.24. The normalized spacial score (nSPS) is 11.5. The van der Waals surface area contributed by atoms with Gasteiger partial charge in [-0.25, -0.2) is 19.7 Å². The van der Waals surface area contributed by atoms with Gasteiger partial charge in [-0.3, -0.25) is 13.9 Å². The molecule has 9 heteroatoms. The fourth-order valence-corrected chi connectivity index (χ4v) is 4.37. The van der Waals surface area contributed by atoms with E-state index in [1.165, 1.54) is 0 Å². The molecule has 0 saturated heterocycles. The number of carbonyl (C=O) groups is 1. The van der Waals surface area contributed by atoms with E-state index >= 15 is 0 Å². The van der Waals surface area contributed by atoms with Crippen LogP contribution in [0.2, 0.25) is 0 Å². The molecule has 0 aliphatic rings. The largest absolute Gasteiger partial charge is 0.462 e. The lowest BCUT2D eigenvalue weighted by molar-refractivity contribution is 0.0526. The molecule has 5 aromatic rings. The average molecular weight is 486 g/mol. The van der Waals surface area contributed by atoms with Crippen LogP contribution in [0.5, 0.6) is 0 Å². The highest BCUT2D eigenvalue weighted by atomic mass is 16.5. The molecule has 0 spiro atoms. The fourth-order valence-electron chi connectivity index (χ4n) is 4.37. The van der Waals surface area contributed by atoms with E-state index < -0.39 is 0 Å². The van der Waals surface area contributed by atoms with Gasteiger partial charge in [0.15, 0.2) is 11.3 Å². The van der Waals surface area contributed by atoms with Gasteiger partial charge in [-0.15, -0.1) is 0 Å². The van der Waals surface area contributed by atoms with Crippen LogP contribution in [-0.4, -0.2) is 49.9 Å². The van der Waals surface area contributed by atoms with Crippen molar-refractivity contribution < 1.29 is 14.3 Å². The van der Waals surface area contributed by atoms with E-state index in [1.54, 1.807) is 35.8 Å². The Hall–Kier alpha value is -4.11. The number of nitrogens with zero attached hydrogens (tertiary/aromatic N) is 5. The Labute approximate surface area is 207 Å². The molecule has 9 nitrogen and oxygen atoms in total. The van der Waals surface area contributed by atoms with Crippen molar-refractivity contribution in [3.63, 3.8) is 0 Å². The Balaban J connectivity index is 1.75. The summed E-state index contributed by atoms with van der Waals surface area (Å²) in [6, 6.07) is 14.5. The van der Waals surface area contributed by atoms with Crippen LogP contribution in [0.3, 0.4) is 0 Å². The summed E-state index contributed by atoms with van der Waals surface area (Å²) in [6.45, 7) is 7.54. The maximum Gasteiger partial charge on any atom is 0.338 e. The van der Waals surface area contributed by atoms with Gasteiger partial charge in [-0.2, -0.15) is 0 Å². The van der Waals surface area contributed by atoms with Crippen molar-refractivity contribution in [2.24, 2.45) is 0 Å². The second-order valence-electron chi connectivity index (χ2n) is 8.35. The highest BCUT2D eigenvalue weighted by Gasteiger charge is 2.22. The zero-order valence-corrected chi connectivity index (χ0v) is 20.5. The molecule has 0 amide bonds. The molecule has 0 aliphatic heterocycles. The summed E-state index contributed by atoms with van der Waals surface area (Å²) in [5.41, 5.74) is 3.92. The summed E-state index contributed by atoms with van der Waals surface area (Å²) in [4.78, 5) is 40.4. The van der Waals surface area contributed by atoms with Crippen molar-refractivity contribution in [3.8, 4) is 5.69 Å². The van der Waals surface area contributed by atoms with Gasteiger partial charge in [-0.1, -0.05) is 12.1 Å². The molecule has 0 N–H and O–H groups in total. The summed E-state index contributed by atoms with van der Waals surface area (Å²) in [7, 11) is 0. The maximum absolute atomic E-state index is 13.8. The summed E-state index contributed by atoms with van der Waals surface area (Å²) < 4.78 is 14.1. The van der Waals surface area contributed by atoms with Crippen LogP contribution in [0.15, 0.2) is 53.3 Å². The number of rotatable bonds is 8. The van der Waals surface area contributed by atoms with Crippen LogP contribution >= 0.6 is 0 Å². The second kappa shape index (κ2) is 9.87. The lowest BCUT2D eigenvalue weighted by Gasteiger charge is -2.11. The van der Waals surface area contributed by atoms with Gasteiger partial charge in [0.05, 0.1) is 23.2 Å². The molecule has 0 unspecified atom stereocenters. The zero-order valence-electron chi connectivity index (χ0n) is 20.5. The Bertz CT molecular complexity index is 1640. The predicted octanol–water partition coefficient (Wildman–Crippen LogP) is 4.20. The number of fused-ring (bicyclic) bond motifs is 4. The molecule has 5 rings (SSSR count). The minimum absolute atomic E-state index is 0.162. The average Bonchev–Trinajstić information content (AvgIpc) is 3.19. The lowest BCUT2D eigenvalue weighted by atomic mass is 10.2. The molecule has 3 aromatic heterocycles. The topological polar surface area (TPSA) is 101 Å². The SMILES string of the molecule is CCOCCCn1c(C)nc2c(c1=O)c1nc3ccccc3nc1n2-c1ccc(C(=O)OCC)cc1. The molecule has 36 heavy (non-hydrogen) atoms. The van der Waals surface area contributed by atoms with E-state index in [2.05, 4.69) is 0 Å². The molecular formula is C27H27N5O4. The summed E-state index contributed by atoms with van der Waals surface area (Å²) in [6.07, 6.45) is 0.699. The Kier molecular flexibility index (Phi) is 6.47. The highest BCUT2D eigenvalue weighted by molar-refractivity contribution is 6.06. The van der Waals surface area contributed by atoms with E-state index in [0.29, 0.717) is 83.1 Å². The first-order valence-electron chi connectivity index (χ1n) is 12.1. The number of hydrogen-bond donors (Lipinski definition) is 0. The van der Waals surface area contributed by atoms with Gasteiger partial charge in [0.25, 0.3) is 5.56 Å². The molecule has 2 aromatic carbocycles. The van der Waals surface area contributed by atoms with Crippen LogP contribution in [0.25, 0.3) is 38.9 Å². The number of esters is 1. The standard InChI is InChI=1S/C27H27N5O4/c1-4-35-16-8-15-31-17(3)28-24-22(26(31)33)23-25(30-21-10-7-6-9-20(21)29-23)32(24)19-13-11-18(12-14-19)27(34)36-5-2/h6-7,9-14H,4-5,8,15-16H2,1-3H3. The number of benzene rings is 2. The maximum atomic E-state index is 13.8. The molecule has 184 valence electrons. The quantitative estimate of drug-likeness (QED) is 0.240. The van der Waals surface area contributed by atoms with Gasteiger partial charge < -0.3 is 9.47 Å². The molecule has 0 saturated carbocycles. The Morgan fingerprint density at radius 2 is 1.64 bits per heavy atom. The van der Waals surface area contributed by atoms with Gasteiger partial charge >= 0.3 is 5.97 Å². The molecule has 3 heterocycles. The molecule has 0 radical (unpaired) electrons. The number of ether oxygens (including phenoxy) is 2. The highest BCUT2D eigenvalue weighted by Crippen LogP contribution is 2.29.